The van der Waals surface area contributed by atoms with Gasteiger partial charge in [-0.15, -0.1) is 0 Å². The molecule has 0 aliphatic carbocycles. The molecule has 13 nitrogen and oxygen atoms in total. The van der Waals surface area contributed by atoms with Gasteiger partial charge in [0.1, 0.15) is 18.8 Å². The van der Waals surface area contributed by atoms with Crippen molar-refractivity contribution in [2.75, 3.05) is 72.2 Å². The molecule has 1 aliphatic rings. The van der Waals surface area contributed by atoms with Crippen molar-refractivity contribution in [3.8, 4) is 0 Å². The van der Waals surface area contributed by atoms with E-state index in [9.17, 15) is 18.0 Å². The lowest BCUT2D eigenvalue weighted by atomic mass is 10.0. The summed E-state index contributed by atoms with van der Waals surface area (Å²) in [5.41, 5.74) is 7.06. The first-order valence-corrected chi connectivity index (χ1v) is 16.8. The number of carbonyl (C=O) groups is 2. The summed E-state index contributed by atoms with van der Waals surface area (Å²) >= 11 is 0. The van der Waals surface area contributed by atoms with Crippen molar-refractivity contribution < 1.29 is 46.4 Å². The number of nitrogens with zero attached hydrogens (tertiary/aromatic N) is 1. The number of carbonyl (C=O) groups excluding carboxylic acids is 2. The van der Waals surface area contributed by atoms with Crippen molar-refractivity contribution in [3.63, 3.8) is 0 Å². The second kappa shape index (κ2) is 19.4. The van der Waals surface area contributed by atoms with Gasteiger partial charge in [-0.3, -0.25) is 0 Å². The maximum atomic E-state index is 13.9. The Morgan fingerprint density at radius 3 is 2.35 bits per heavy atom. The highest BCUT2D eigenvalue weighted by molar-refractivity contribution is 7.89. The van der Waals surface area contributed by atoms with Gasteiger partial charge in [0, 0.05) is 25.8 Å². The SMILES string of the molecule is COCCOCCOCC(=O)O[C@H](CN(CC(C)C)S(=O)(=O)c1ccc(N)cc1)[C@H](Cc1ccccc1)NC(=O)O[C@H]1CCOC1. The van der Waals surface area contributed by atoms with Crippen LogP contribution in [0.3, 0.4) is 0 Å². The molecule has 0 radical (unpaired) electrons. The Balaban J connectivity index is 1.88. The molecule has 0 unspecified atom stereocenters. The van der Waals surface area contributed by atoms with Gasteiger partial charge in [-0.25, -0.2) is 18.0 Å². The number of methoxy groups -OCH3 is 1. The first kappa shape index (κ1) is 37.2. The first-order chi connectivity index (χ1) is 22.1. The number of nitrogens with one attached hydrogen (secondary N) is 1. The van der Waals surface area contributed by atoms with Crippen LogP contribution in [-0.2, 0) is 49.7 Å². The van der Waals surface area contributed by atoms with E-state index in [0.717, 1.165) is 5.56 Å². The molecule has 0 bridgehead atoms. The van der Waals surface area contributed by atoms with Crippen molar-refractivity contribution in [2.24, 2.45) is 5.92 Å². The minimum Gasteiger partial charge on any atom is -0.457 e. The molecule has 46 heavy (non-hydrogen) atoms. The molecule has 0 aromatic heterocycles. The quantitative estimate of drug-likeness (QED) is 0.121. The Labute approximate surface area is 271 Å². The van der Waals surface area contributed by atoms with Crippen LogP contribution in [0.15, 0.2) is 59.5 Å². The standard InChI is InChI=1S/C32H47N3O10S/c1-24(2)20-35(46(38,39)28-11-9-26(33)10-12-28)21-30(45-31(36)23-43-18-17-41-16-15-40-3)29(19-25-7-5-4-6-8-25)34-32(37)44-27-13-14-42-22-27/h4-12,24,27,29-30H,13-23,33H2,1-3H3,(H,34,37)/t27-,29-,30+/m0/s1. The zero-order chi connectivity index (χ0) is 33.4. The van der Waals surface area contributed by atoms with E-state index in [2.05, 4.69) is 5.32 Å². The van der Waals surface area contributed by atoms with E-state index in [0.29, 0.717) is 31.9 Å². The van der Waals surface area contributed by atoms with Crippen LogP contribution < -0.4 is 11.1 Å². The number of sulfonamides is 1. The Morgan fingerprint density at radius 2 is 1.70 bits per heavy atom. The third kappa shape index (κ3) is 12.9. The molecule has 3 atom stereocenters. The molecule has 1 amide bonds. The fraction of sp³-hybridized carbons (Fsp3) is 0.562. The van der Waals surface area contributed by atoms with E-state index in [1.807, 2.05) is 44.2 Å². The second-order valence-electron chi connectivity index (χ2n) is 11.3. The highest BCUT2D eigenvalue weighted by Crippen LogP contribution is 2.22. The summed E-state index contributed by atoms with van der Waals surface area (Å²) < 4.78 is 61.7. The maximum absolute atomic E-state index is 13.9. The van der Waals surface area contributed by atoms with Gasteiger partial charge in [-0.1, -0.05) is 44.2 Å². The summed E-state index contributed by atoms with van der Waals surface area (Å²) in [6.45, 7) is 5.21. The fourth-order valence-electron chi connectivity index (χ4n) is 4.72. The average Bonchev–Trinajstić information content (AvgIpc) is 3.53. The molecule has 0 spiro atoms. The number of amides is 1. The van der Waals surface area contributed by atoms with Crippen LogP contribution in [-0.4, -0.2) is 109 Å². The number of nitrogen functional groups attached to an aromatic ring is 1. The number of ether oxygens (including phenoxy) is 6. The third-order valence-electron chi connectivity index (χ3n) is 6.99. The van der Waals surface area contributed by atoms with Crippen molar-refractivity contribution in [2.45, 2.75) is 49.8 Å². The number of benzene rings is 2. The third-order valence-corrected chi connectivity index (χ3v) is 8.83. The van der Waals surface area contributed by atoms with Crippen molar-refractivity contribution in [1.29, 1.82) is 0 Å². The molecule has 1 aliphatic heterocycles. The van der Waals surface area contributed by atoms with Crippen molar-refractivity contribution >= 4 is 27.8 Å². The normalized spacial score (nSPS) is 16.3. The van der Waals surface area contributed by atoms with E-state index in [1.54, 1.807) is 7.11 Å². The van der Waals surface area contributed by atoms with Gasteiger partial charge in [0.05, 0.1) is 57.1 Å². The molecule has 2 aromatic rings. The van der Waals surface area contributed by atoms with E-state index in [4.69, 9.17) is 34.2 Å². The lowest BCUT2D eigenvalue weighted by Crippen LogP contribution is -2.53. The molecule has 1 fully saturated rings. The van der Waals surface area contributed by atoms with E-state index >= 15 is 0 Å². The van der Waals surface area contributed by atoms with Crippen LogP contribution in [0.25, 0.3) is 0 Å². The molecule has 0 saturated carbocycles. The van der Waals surface area contributed by atoms with Crippen LogP contribution >= 0.6 is 0 Å². The van der Waals surface area contributed by atoms with Crippen LogP contribution in [0, 0.1) is 5.92 Å². The summed E-state index contributed by atoms with van der Waals surface area (Å²) in [5, 5.41) is 2.85. The Morgan fingerprint density at radius 1 is 1.00 bits per heavy atom. The number of anilines is 1. The predicted molar refractivity (Wildman–Crippen MR) is 171 cm³/mol. The zero-order valence-corrected chi connectivity index (χ0v) is 27.6. The van der Waals surface area contributed by atoms with Gasteiger partial charge in [0.25, 0.3) is 0 Å². The first-order valence-electron chi connectivity index (χ1n) is 15.4. The number of alkyl carbamates (subject to hydrolysis) is 1. The van der Waals surface area contributed by atoms with E-state index in [1.165, 1.54) is 28.6 Å². The number of hydrogen-bond acceptors (Lipinski definition) is 11. The number of rotatable bonds is 20. The van der Waals surface area contributed by atoms with Gasteiger partial charge < -0.3 is 39.5 Å². The zero-order valence-electron chi connectivity index (χ0n) is 26.8. The summed E-state index contributed by atoms with van der Waals surface area (Å²) in [5.74, 6) is -0.803. The van der Waals surface area contributed by atoms with Crippen LogP contribution in [0.5, 0.6) is 0 Å². The number of nitrogens with two attached hydrogens (primary N) is 1. The Bertz CT molecular complexity index is 1290. The highest BCUT2D eigenvalue weighted by atomic mass is 32.2. The molecule has 256 valence electrons. The fourth-order valence-corrected chi connectivity index (χ4v) is 6.34. The lowest BCUT2D eigenvalue weighted by Gasteiger charge is -2.33. The minimum absolute atomic E-state index is 0.0393. The summed E-state index contributed by atoms with van der Waals surface area (Å²) in [6.07, 6.45) is -1.48. The van der Waals surface area contributed by atoms with Crippen molar-refractivity contribution in [3.05, 3.63) is 60.2 Å². The lowest BCUT2D eigenvalue weighted by molar-refractivity contribution is -0.157. The van der Waals surface area contributed by atoms with Crippen LogP contribution in [0.1, 0.15) is 25.8 Å². The smallest absolute Gasteiger partial charge is 0.407 e. The largest absolute Gasteiger partial charge is 0.457 e. The van der Waals surface area contributed by atoms with Gasteiger partial charge in [-0.2, -0.15) is 4.31 Å². The van der Waals surface area contributed by atoms with E-state index < -0.39 is 46.9 Å². The Hall–Kier alpha value is -3.27. The van der Waals surface area contributed by atoms with Crippen LogP contribution in [0.4, 0.5) is 10.5 Å². The summed E-state index contributed by atoms with van der Waals surface area (Å²) in [4.78, 5) is 26.3. The molecular formula is C32H47N3O10S. The summed E-state index contributed by atoms with van der Waals surface area (Å²) in [6, 6.07) is 14.3. The molecule has 1 saturated heterocycles. The molecule has 14 heteroatoms. The highest BCUT2D eigenvalue weighted by Gasteiger charge is 2.35. The average molecular weight is 666 g/mol. The second-order valence-corrected chi connectivity index (χ2v) is 13.2. The topological polar surface area (TPSA) is 165 Å². The van der Waals surface area contributed by atoms with Gasteiger partial charge in [0.15, 0.2) is 0 Å². The molecular weight excluding hydrogens is 618 g/mol. The summed E-state index contributed by atoms with van der Waals surface area (Å²) in [7, 11) is -2.49. The van der Waals surface area contributed by atoms with Gasteiger partial charge in [-0.05, 0) is 42.2 Å². The van der Waals surface area contributed by atoms with Crippen molar-refractivity contribution in [1.82, 2.24) is 9.62 Å². The monoisotopic (exact) mass is 665 g/mol. The Kier molecular flexibility index (Phi) is 15.7. The van der Waals surface area contributed by atoms with Gasteiger partial charge in [0.2, 0.25) is 10.0 Å². The minimum atomic E-state index is -4.06. The van der Waals surface area contributed by atoms with E-state index in [-0.39, 0.29) is 50.1 Å². The molecule has 1 heterocycles. The molecule has 3 rings (SSSR count). The number of esters is 1. The van der Waals surface area contributed by atoms with Gasteiger partial charge >= 0.3 is 12.1 Å². The molecule has 2 aromatic carbocycles. The maximum Gasteiger partial charge on any atom is 0.407 e. The van der Waals surface area contributed by atoms with Crippen LogP contribution in [0.2, 0.25) is 0 Å². The number of hydrogen-bond donors (Lipinski definition) is 2. The predicted octanol–water partition coefficient (Wildman–Crippen LogP) is 2.63. The molecule has 3 N–H and O–H groups in total.